The standard InChI is InChI=1S/C10H5Cl5N4O/c11-4-1-5(12)8(6(13)2-4)16-7(20)3-19-10(15)17-9(14)18-19/h1-2H,3H2,(H,16,20). The van der Waals surface area contributed by atoms with Crippen LogP contribution in [-0.4, -0.2) is 20.7 Å². The van der Waals surface area contributed by atoms with Crippen molar-refractivity contribution in [2.45, 2.75) is 6.54 Å². The maximum atomic E-state index is 11.9. The summed E-state index contributed by atoms with van der Waals surface area (Å²) in [4.78, 5) is 15.5. The second-order valence-corrected chi connectivity index (χ2v) is 5.53. The number of amides is 1. The molecule has 2 aromatic rings. The summed E-state index contributed by atoms with van der Waals surface area (Å²) < 4.78 is 1.14. The molecule has 2 rings (SSSR count). The first-order chi connectivity index (χ1) is 9.36. The smallest absolute Gasteiger partial charge is 0.246 e. The Kier molecular flexibility index (Phi) is 4.99. The van der Waals surface area contributed by atoms with E-state index in [1.165, 1.54) is 12.1 Å². The number of rotatable bonds is 3. The van der Waals surface area contributed by atoms with Gasteiger partial charge < -0.3 is 5.32 Å². The van der Waals surface area contributed by atoms with Crippen molar-refractivity contribution in [1.82, 2.24) is 14.8 Å². The van der Waals surface area contributed by atoms with E-state index in [9.17, 15) is 4.79 Å². The largest absolute Gasteiger partial charge is 0.322 e. The van der Waals surface area contributed by atoms with Gasteiger partial charge in [-0.05, 0) is 35.3 Å². The van der Waals surface area contributed by atoms with E-state index in [2.05, 4.69) is 15.4 Å². The number of hydrogen-bond donors (Lipinski definition) is 1. The summed E-state index contributed by atoms with van der Waals surface area (Å²) in [6.07, 6.45) is 0. The van der Waals surface area contributed by atoms with E-state index in [0.29, 0.717) is 5.02 Å². The molecule has 0 atom stereocenters. The van der Waals surface area contributed by atoms with Gasteiger partial charge in [-0.15, -0.1) is 5.10 Å². The minimum atomic E-state index is -0.445. The van der Waals surface area contributed by atoms with Crippen molar-refractivity contribution in [3.05, 3.63) is 37.8 Å². The molecule has 0 fully saturated rings. The molecule has 20 heavy (non-hydrogen) atoms. The van der Waals surface area contributed by atoms with Gasteiger partial charge in [-0.2, -0.15) is 4.98 Å². The van der Waals surface area contributed by atoms with Crippen molar-refractivity contribution in [3.63, 3.8) is 0 Å². The fourth-order valence-corrected chi connectivity index (χ4v) is 2.68. The number of nitrogens with one attached hydrogen (secondary N) is 1. The first-order valence-electron chi connectivity index (χ1n) is 5.07. The Hall–Kier alpha value is -0.720. The maximum absolute atomic E-state index is 11.9. The lowest BCUT2D eigenvalue weighted by molar-refractivity contribution is -0.116. The Morgan fingerprint density at radius 2 is 1.75 bits per heavy atom. The first-order valence-corrected chi connectivity index (χ1v) is 6.96. The summed E-state index contributed by atoms with van der Waals surface area (Å²) in [5.74, 6) is -0.445. The predicted molar refractivity (Wildman–Crippen MR) is 80.1 cm³/mol. The Bertz CT molecular complexity index is 649. The molecule has 1 amide bonds. The second kappa shape index (κ2) is 6.37. The zero-order valence-electron chi connectivity index (χ0n) is 9.50. The van der Waals surface area contributed by atoms with Crippen LogP contribution in [0, 0.1) is 0 Å². The summed E-state index contributed by atoms with van der Waals surface area (Å²) in [7, 11) is 0. The maximum Gasteiger partial charge on any atom is 0.246 e. The molecule has 0 spiro atoms. The third-order valence-electron chi connectivity index (χ3n) is 2.17. The minimum Gasteiger partial charge on any atom is -0.322 e. The van der Waals surface area contributed by atoms with Gasteiger partial charge in [0.1, 0.15) is 6.54 Å². The highest BCUT2D eigenvalue weighted by atomic mass is 35.5. The van der Waals surface area contributed by atoms with Gasteiger partial charge in [-0.1, -0.05) is 34.8 Å². The Morgan fingerprint density at radius 3 is 2.25 bits per heavy atom. The van der Waals surface area contributed by atoms with Crippen LogP contribution in [0.2, 0.25) is 25.6 Å². The Balaban J connectivity index is 2.15. The average Bonchev–Trinajstić information content (AvgIpc) is 2.62. The number of hydrogen-bond acceptors (Lipinski definition) is 3. The Morgan fingerprint density at radius 1 is 1.15 bits per heavy atom. The SMILES string of the molecule is O=C(Cn1nc(Cl)nc1Cl)Nc1c(Cl)cc(Cl)cc1Cl. The van der Waals surface area contributed by atoms with Crippen LogP contribution in [0.25, 0.3) is 0 Å². The highest BCUT2D eigenvalue weighted by Gasteiger charge is 2.14. The number of carbonyl (C=O) groups is 1. The van der Waals surface area contributed by atoms with Crippen molar-refractivity contribution in [2.24, 2.45) is 0 Å². The van der Waals surface area contributed by atoms with Crippen LogP contribution < -0.4 is 5.32 Å². The van der Waals surface area contributed by atoms with E-state index in [1.807, 2.05) is 0 Å². The molecule has 1 N–H and O–H groups in total. The summed E-state index contributed by atoms with van der Waals surface area (Å²) in [5.41, 5.74) is 0.255. The molecule has 0 saturated heterocycles. The van der Waals surface area contributed by atoms with E-state index in [1.54, 1.807) is 0 Å². The normalized spacial score (nSPS) is 10.7. The van der Waals surface area contributed by atoms with Gasteiger partial charge >= 0.3 is 0 Å². The highest BCUT2D eigenvalue weighted by Crippen LogP contribution is 2.33. The van der Waals surface area contributed by atoms with Gasteiger partial charge in [0.05, 0.1) is 15.7 Å². The first kappa shape index (κ1) is 15.7. The van der Waals surface area contributed by atoms with Gasteiger partial charge in [0.25, 0.3) is 0 Å². The summed E-state index contributed by atoms with van der Waals surface area (Å²) in [6.45, 7) is -0.187. The molecule has 0 bridgehead atoms. The summed E-state index contributed by atoms with van der Waals surface area (Å²) in [6, 6.07) is 2.92. The zero-order valence-corrected chi connectivity index (χ0v) is 13.3. The third-order valence-corrected chi connectivity index (χ3v) is 3.42. The van der Waals surface area contributed by atoms with Crippen molar-refractivity contribution in [3.8, 4) is 0 Å². The molecule has 0 radical (unpaired) electrons. The van der Waals surface area contributed by atoms with Crippen LogP contribution in [0.1, 0.15) is 0 Å². The van der Waals surface area contributed by atoms with E-state index in [0.717, 1.165) is 4.68 Å². The van der Waals surface area contributed by atoms with E-state index in [-0.39, 0.29) is 32.8 Å². The van der Waals surface area contributed by atoms with Crippen LogP contribution in [0.15, 0.2) is 12.1 Å². The summed E-state index contributed by atoms with van der Waals surface area (Å²) in [5, 5.41) is 7.04. The topological polar surface area (TPSA) is 59.8 Å². The lowest BCUT2D eigenvalue weighted by Crippen LogP contribution is -2.20. The fraction of sp³-hybridized carbons (Fsp3) is 0.100. The number of anilines is 1. The molecule has 0 aliphatic carbocycles. The van der Waals surface area contributed by atoms with Gasteiger partial charge in [-0.25, -0.2) is 4.68 Å². The molecule has 10 heteroatoms. The molecule has 0 unspecified atom stereocenters. The molecule has 0 aliphatic heterocycles. The lowest BCUT2D eigenvalue weighted by Gasteiger charge is -2.09. The van der Waals surface area contributed by atoms with Gasteiger partial charge in [0, 0.05) is 5.02 Å². The molecule has 106 valence electrons. The molecule has 0 aliphatic rings. The van der Waals surface area contributed by atoms with Crippen LogP contribution in [0.5, 0.6) is 0 Å². The fourth-order valence-electron chi connectivity index (χ4n) is 1.37. The number of aromatic nitrogens is 3. The second-order valence-electron chi connectivity index (χ2n) is 3.60. The van der Waals surface area contributed by atoms with Crippen LogP contribution in [0.3, 0.4) is 0 Å². The van der Waals surface area contributed by atoms with Crippen LogP contribution >= 0.6 is 58.0 Å². The number of halogens is 5. The molecule has 1 aromatic carbocycles. The highest BCUT2D eigenvalue weighted by molar-refractivity contribution is 6.42. The number of benzene rings is 1. The number of carbonyl (C=O) groups excluding carboxylic acids is 1. The van der Waals surface area contributed by atoms with Crippen LogP contribution in [0.4, 0.5) is 5.69 Å². The average molecular weight is 374 g/mol. The van der Waals surface area contributed by atoms with E-state index in [4.69, 9.17) is 58.0 Å². The van der Waals surface area contributed by atoms with Crippen LogP contribution in [-0.2, 0) is 11.3 Å². The van der Waals surface area contributed by atoms with E-state index >= 15 is 0 Å². The molecular weight excluding hydrogens is 369 g/mol. The predicted octanol–water partition coefficient (Wildman–Crippen LogP) is 4.18. The number of nitrogens with zero attached hydrogens (tertiary/aromatic N) is 3. The molecule has 0 saturated carbocycles. The third kappa shape index (κ3) is 3.68. The Labute approximate surface area is 138 Å². The minimum absolute atomic E-state index is 0.00144. The molecule has 5 nitrogen and oxygen atoms in total. The van der Waals surface area contributed by atoms with E-state index < -0.39 is 5.91 Å². The molecular formula is C10H5Cl5N4O. The van der Waals surface area contributed by atoms with Crippen molar-refractivity contribution in [2.75, 3.05) is 5.32 Å². The summed E-state index contributed by atoms with van der Waals surface area (Å²) >= 11 is 29.0. The lowest BCUT2D eigenvalue weighted by atomic mass is 10.3. The van der Waals surface area contributed by atoms with Gasteiger partial charge in [-0.3, -0.25) is 4.79 Å². The van der Waals surface area contributed by atoms with Crippen molar-refractivity contribution < 1.29 is 4.79 Å². The zero-order chi connectivity index (χ0) is 14.9. The monoisotopic (exact) mass is 372 g/mol. The van der Waals surface area contributed by atoms with Crippen molar-refractivity contribution in [1.29, 1.82) is 0 Å². The molecule has 1 aromatic heterocycles. The van der Waals surface area contributed by atoms with Gasteiger partial charge in [0.2, 0.25) is 16.5 Å². The molecule has 1 heterocycles. The quantitative estimate of drug-likeness (QED) is 0.877. The van der Waals surface area contributed by atoms with Gasteiger partial charge in [0.15, 0.2) is 0 Å². The van der Waals surface area contributed by atoms with Crippen molar-refractivity contribution >= 4 is 69.6 Å².